The highest BCUT2D eigenvalue weighted by Gasteiger charge is 2.37. The maximum atomic E-state index is 11.8. The number of benzene rings is 2. The molecular formula is C18H13NO5. The zero-order chi connectivity index (χ0) is 16.8. The van der Waals surface area contributed by atoms with Crippen LogP contribution in [-0.2, 0) is 9.59 Å². The third kappa shape index (κ3) is 2.04. The topological polar surface area (TPSA) is 91.0 Å². The summed E-state index contributed by atoms with van der Waals surface area (Å²) in [6.07, 6.45) is 0.121. The first-order valence-corrected chi connectivity index (χ1v) is 7.46. The predicted octanol–water partition coefficient (Wildman–Crippen LogP) is 3.16. The number of carbonyl (C=O) groups excluding carboxylic acids is 2. The van der Waals surface area contributed by atoms with Crippen molar-refractivity contribution in [2.75, 3.05) is 4.90 Å². The molecule has 4 rings (SSSR count). The van der Waals surface area contributed by atoms with Crippen molar-refractivity contribution in [2.45, 2.75) is 12.8 Å². The summed E-state index contributed by atoms with van der Waals surface area (Å²) in [4.78, 5) is 24.4. The Morgan fingerprint density at radius 3 is 2.25 bits per heavy atom. The SMILES string of the molecule is O=C1CCC(=O)N1c1oc(-c2ccc3ccccc3c2)c(O)c1O. The Morgan fingerprint density at radius 1 is 0.875 bits per heavy atom. The third-order valence-electron chi connectivity index (χ3n) is 4.11. The highest BCUT2D eigenvalue weighted by molar-refractivity contribution is 6.20. The van der Waals surface area contributed by atoms with Gasteiger partial charge in [0, 0.05) is 18.4 Å². The van der Waals surface area contributed by atoms with Crippen molar-refractivity contribution in [3.8, 4) is 22.8 Å². The van der Waals surface area contributed by atoms with Crippen LogP contribution < -0.4 is 4.90 Å². The average molecular weight is 323 g/mol. The fourth-order valence-corrected chi connectivity index (χ4v) is 2.88. The molecule has 0 saturated carbocycles. The van der Waals surface area contributed by atoms with Gasteiger partial charge in [-0.1, -0.05) is 36.4 Å². The molecule has 1 aromatic heterocycles. The molecule has 0 radical (unpaired) electrons. The number of hydrogen-bond acceptors (Lipinski definition) is 5. The summed E-state index contributed by atoms with van der Waals surface area (Å²) in [5, 5.41) is 22.2. The highest BCUT2D eigenvalue weighted by Crippen LogP contribution is 2.48. The van der Waals surface area contributed by atoms with E-state index >= 15 is 0 Å². The smallest absolute Gasteiger partial charge is 0.256 e. The van der Waals surface area contributed by atoms with Crippen LogP contribution >= 0.6 is 0 Å². The number of furan rings is 1. The van der Waals surface area contributed by atoms with Crippen molar-refractivity contribution in [3.63, 3.8) is 0 Å². The molecule has 0 aliphatic carbocycles. The van der Waals surface area contributed by atoms with Gasteiger partial charge in [-0.2, -0.15) is 0 Å². The van der Waals surface area contributed by atoms with Crippen LogP contribution in [0.15, 0.2) is 46.9 Å². The Hall–Kier alpha value is -3.28. The lowest BCUT2D eigenvalue weighted by Gasteiger charge is -2.09. The van der Waals surface area contributed by atoms with E-state index in [2.05, 4.69) is 0 Å². The second-order valence-electron chi connectivity index (χ2n) is 5.62. The quantitative estimate of drug-likeness (QED) is 0.707. The summed E-state index contributed by atoms with van der Waals surface area (Å²) >= 11 is 0. The highest BCUT2D eigenvalue weighted by atomic mass is 16.4. The molecule has 1 saturated heterocycles. The van der Waals surface area contributed by atoms with Gasteiger partial charge in [-0.3, -0.25) is 9.59 Å². The molecule has 120 valence electrons. The monoisotopic (exact) mass is 323 g/mol. The lowest BCUT2D eigenvalue weighted by molar-refractivity contribution is -0.121. The van der Waals surface area contributed by atoms with Crippen molar-refractivity contribution in [2.24, 2.45) is 0 Å². The number of carbonyl (C=O) groups is 2. The number of aromatic hydroxyl groups is 2. The van der Waals surface area contributed by atoms with Gasteiger partial charge >= 0.3 is 0 Å². The largest absolute Gasteiger partial charge is 0.502 e. The Morgan fingerprint density at radius 2 is 1.54 bits per heavy atom. The van der Waals surface area contributed by atoms with Gasteiger partial charge in [-0.25, -0.2) is 4.90 Å². The van der Waals surface area contributed by atoms with Crippen LogP contribution in [-0.4, -0.2) is 22.0 Å². The van der Waals surface area contributed by atoms with E-state index in [-0.39, 0.29) is 24.5 Å². The van der Waals surface area contributed by atoms with Crippen LogP contribution in [0.2, 0.25) is 0 Å². The van der Waals surface area contributed by atoms with E-state index in [0.29, 0.717) is 5.56 Å². The molecule has 1 fully saturated rings. The first kappa shape index (κ1) is 14.3. The molecule has 2 aromatic carbocycles. The van der Waals surface area contributed by atoms with Crippen LogP contribution in [0.1, 0.15) is 12.8 Å². The van der Waals surface area contributed by atoms with Gasteiger partial charge in [-0.15, -0.1) is 0 Å². The number of anilines is 1. The Balaban J connectivity index is 1.85. The van der Waals surface area contributed by atoms with E-state index in [1.54, 1.807) is 12.1 Å². The van der Waals surface area contributed by atoms with Gasteiger partial charge in [0.05, 0.1) is 0 Å². The van der Waals surface area contributed by atoms with Gasteiger partial charge in [0.1, 0.15) is 0 Å². The summed E-state index contributed by atoms with van der Waals surface area (Å²) in [6, 6.07) is 13.1. The molecule has 3 aromatic rings. The Kier molecular flexibility index (Phi) is 3.06. The van der Waals surface area contributed by atoms with Crippen molar-refractivity contribution in [3.05, 3.63) is 42.5 Å². The summed E-state index contributed by atoms with van der Waals surface area (Å²) in [7, 11) is 0. The molecule has 1 aliphatic heterocycles. The zero-order valence-corrected chi connectivity index (χ0v) is 12.5. The summed E-state index contributed by atoms with van der Waals surface area (Å²) < 4.78 is 5.49. The maximum Gasteiger partial charge on any atom is 0.256 e. The van der Waals surface area contributed by atoms with Crippen molar-refractivity contribution in [1.82, 2.24) is 0 Å². The van der Waals surface area contributed by atoms with Gasteiger partial charge in [0.15, 0.2) is 5.76 Å². The summed E-state index contributed by atoms with van der Waals surface area (Å²) in [6.45, 7) is 0. The maximum absolute atomic E-state index is 11.8. The summed E-state index contributed by atoms with van der Waals surface area (Å²) in [5.74, 6) is -2.35. The Bertz CT molecular complexity index is 972. The van der Waals surface area contributed by atoms with E-state index in [1.807, 2.05) is 30.3 Å². The van der Waals surface area contributed by atoms with Crippen LogP contribution in [0.5, 0.6) is 11.5 Å². The molecule has 1 aliphatic rings. The average Bonchev–Trinajstić information content (AvgIpc) is 3.07. The first-order valence-electron chi connectivity index (χ1n) is 7.46. The normalized spacial score (nSPS) is 14.8. The van der Waals surface area contributed by atoms with E-state index in [9.17, 15) is 19.8 Å². The molecule has 0 bridgehead atoms. The predicted molar refractivity (Wildman–Crippen MR) is 86.7 cm³/mol. The molecule has 6 heteroatoms. The van der Waals surface area contributed by atoms with Gasteiger partial charge in [-0.05, 0) is 16.8 Å². The van der Waals surface area contributed by atoms with E-state index in [0.717, 1.165) is 15.7 Å². The third-order valence-corrected chi connectivity index (χ3v) is 4.11. The van der Waals surface area contributed by atoms with Crippen LogP contribution in [0, 0.1) is 0 Å². The van der Waals surface area contributed by atoms with Gasteiger partial charge < -0.3 is 14.6 Å². The second-order valence-corrected chi connectivity index (χ2v) is 5.62. The molecule has 0 spiro atoms. The molecular weight excluding hydrogens is 310 g/mol. The minimum atomic E-state index is -0.609. The first-order chi connectivity index (χ1) is 11.6. The van der Waals surface area contributed by atoms with Crippen molar-refractivity contribution in [1.29, 1.82) is 0 Å². The van der Waals surface area contributed by atoms with Crippen molar-refractivity contribution >= 4 is 28.5 Å². The minimum absolute atomic E-state index is 0.0146. The second kappa shape index (κ2) is 5.13. The number of amides is 2. The van der Waals surface area contributed by atoms with Gasteiger partial charge in [0.25, 0.3) is 5.88 Å². The molecule has 0 unspecified atom stereocenters. The lowest BCUT2D eigenvalue weighted by Crippen LogP contribution is -2.28. The molecule has 6 nitrogen and oxygen atoms in total. The number of hydrogen-bond donors (Lipinski definition) is 2. The van der Waals surface area contributed by atoms with E-state index in [4.69, 9.17) is 4.42 Å². The minimum Gasteiger partial charge on any atom is -0.502 e. The molecule has 2 N–H and O–H groups in total. The fourth-order valence-electron chi connectivity index (χ4n) is 2.88. The number of rotatable bonds is 2. The number of fused-ring (bicyclic) bond motifs is 1. The molecule has 2 amide bonds. The van der Waals surface area contributed by atoms with E-state index in [1.165, 1.54) is 0 Å². The Labute approximate surface area is 136 Å². The van der Waals surface area contributed by atoms with Crippen LogP contribution in [0.4, 0.5) is 5.88 Å². The molecule has 24 heavy (non-hydrogen) atoms. The molecule has 2 heterocycles. The van der Waals surface area contributed by atoms with Crippen molar-refractivity contribution < 1.29 is 24.2 Å². The molecule has 0 atom stereocenters. The summed E-state index contributed by atoms with van der Waals surface area (Å²) in [5.41, 5.74) is 0.534. The number of imide groups is 1. The van der Waals surface area contributed by atoms with Crippen LogP contribution in [0.25, 0.3) is 22.1 Å². The lowest BCUT2D eigenvalue weighted by atomic mass is 10.1. The number of nitrogens with zero attached hydrogens (tertiary/aromatic N) is 1. The van der Waals surface area contributed by atoms with Gasteiger partial charge in [0.2, 0.25) is 23.3 Å². The van der Waals surface area contributed by atoms with Crippen LogP contribution in [0.3, 0.4) is 0 Å². The fraction of sp³-hybridized carbons (Fsp3) is 0.111. The standard InChI is InChI=1S/C18H13NO5/c20-13-7-8-14(21)19(13)18-16(23)15(22)17(24-18)12-6-5-10-3-1-2-4-11(10)9-12/h1-6,9,22-23H,7-8H2. The zero-order valence-electron chi connectivity index (χ0n) is 12.5. The van der Waals surface area contributed by atoms with E-state index < -0.39 is 23.3 Å².